The third-order valence-electron chi connectivity index (χ3n) is 7.38. The lowest BCUT2D eigenvalue weighted by Gasteiger charge is -2.46. The molecule has 2 aromatic carbocycles. The zero-order valence-corrected chi connectivity index (χ0v) is 24.4. The molecule has 2 heterocycles. The average Bonchev–Trinajstić information content (AvgIpc) is 3.02. The number of hydrogen-bond acceptors (Lipinski definition) is 7. The van der Waals surface area contributed by atoms with Crippen molar-refractivity contribution in [2.75, 3.05) is 48.0 Å². The van der Waals surface area contributed by atoms with Gasteiger partial charge < -0.3 is 4.90 Å². The third kappa shape index (κ3) is 5.06. The van der Waals surface area contributed by atoms with E-state index in [2.05, 4.69) is 81.0 Å². The van der Waals surface area contributed by atoms with E-state index in [9.17, 15) is 10.1 Å². The van der Waals surface area contributed by atoms with Crippen LogP contribution in [0, 0.1) is 10.1 Å². The first kappa shape index (κ1) is 27.4. The Balaban J connectivity index is 1.73. The van der Waals surface area contributed by atoms with E-state index < -0.39 is 0 Å². The SMILES string of the molecule is CCSCCN(CCSCC)Cc1cc([N+](=O)[O-])cc2c1SC1(C=C2)N(C)c2ccccc2C1(C)C. The van der Waals surface area contributed by atoms with Gasteiger partial charge in [0, 0.05) is 66.3 Å². The Bertz CT molecular complexity index is 1130. The van der Waals surface area contributed by atoms with Crippen LogP contribution >= 0.6 is 35.3 Å². The van der Waals surface area contributed by atoms with Gasteiger partial charge in [0.15, 0.2) is 0 Å². The second-order valence-corrected chi connectivity index (χ2v) is 13.8. The molecule has 5 nitrogen and oxygen atoms in total. The van der Waals surface area contributed by atoms with Crippen molar-refractivity contribution < 1.29 is 4.92 Å². The molecule has 2 aliphatic rings. The fourth-order valence-corrected chi connectivity index (χ4v) is 8.25. The third-order valence-corrected chi connectivity index (χ3v) is 11.1. The number of rotatable bonds is 11. The summed E-state index contributed by atoms with van der Waals surface area (Å²) in [6.07, 6.45) is 4.39. The Morgan fingerprint density at radius 3 is 2.36 bits per heavy atom. The molecule has 1 unspecified atom stereocenters. The summed E-state index contributed by atoms with van der Waals surface area (Å²) in [5, 5.41) is 11.8. The van der Waals surface area contributed by atoms with Crippen LogP contribution in [0.4, 0.5) is 11.4 Å². The highest BCUT2D eigenvalue weighted by Gasteiger charge is 2.56. The topological polar surface area (TPSA) is 49.6 Å². The van der Waals surface area contributed by atoms with Crippen LogP contribution in [-0.2, 0) is 12.0 Å². The van der Waals surface area contributed by atoms with Crippen LogP contribution in [-0.4, -0.2) is 57.8 Å². The van der Waals surface area contributed by atoms with E-state index in [0.717, 1.165) is 53.8 Å². The second-order valence-electron chi connectivity index (χ2n) is 9.78. The number of para-hydroxylation sites is 1. The maximum absolute atomic E-state index is 11.8. The molecule has 194 valence electrons. The van der Waals surface area contributed by atoms with Gasteiger partial charge in [-0.3, -0.25) is 15.0 Å². The molecular formula is C28H37N3O2S3. The van der Waals surface area contributed by atoms with E-state index in [-0.39, 0.29) is 20.9 Å². The van der Waals surface area contributed by atoms with Crippen LogP contribution < -0.4 is 4.90 Å². The van der Waals surface area contributed by atoms with Crippen molar-refractivity contribution in [3.63, 3.8) is 0 Å². The summed E-state index contributed by atoms with van der Waals surface area (Å²) < 4.78 is 0. The number of anilines is 1. The lowest BCUT2D eigenvalue weighted by molar-refractivity contribution is -0.385. The normalized spacial score (nSPS) is 19.7. The highest BCUT2D eigenvalue weighted by Crippen LogP contribution is 2.61. The molecular weight excluding hydrogens is 507 g/mol. The fraction of sp³-hybridized carbons (Fsp3) is 0.500. The molecule has 0 saturated heterocycles. The molecule has 0 fully saturated rings. The summed E-state index contributed by atoms with van der Waals surface area (Å²) in [7, 11) is 2.18. The van der Waals surface area contributed by atoms with Crippen molar-refractivity contribution in [3.05, 3.63) is 69.3 Å². The van der Waals surface area contributed by atoms with Crippen molar-refractivity contribution in [2.24, 2.45) is 0 Å². The van der Waals surface area contributed by atoms with E-state index in [1.54, 1.807) is 6.07 Å². The van der Waals surface area contributed by atoms with Gasteiger partial charge in [-0.2, -0.15) is 23.5 Å². The molecule has 0 saturated carbocycles. The minimum absolute atomic E-state index is 0.133. The van der Waals surface area contributed by atoms with Crippen molar-refractivity contribution in [2.45, 2.75) is 49.4 Å². The Morgan fingerprint density at radius 1 is 1.08 bits per heavy atom. The Hall–Kier alpha value is -1.61. The first-order chi connectivity index (χ1) is 17.2. The summed E-state index contributed by atoms with van der Waals surface area (Å²) in [5.74, 6) is 4.36. The van der Waals surface area contributed by atoms with Crippen molar-refractivity contribution in [1.82, 2.24) is 4.90 Å². The van der Waals surface area contributed by atoms with Crippen LogP contribution in [0.5, 0.6) is 0 Å². The summed E-state index contributed by atoms with van der Waals surface area (Å²) in [6, 6.07) is 12.2. The van der Waals surface area contributed by atoms with Gasteiger partial charge in [0.05, 0.1) is 4.92 Å². The van der Waals surface area contributed by atoms with Crippen LogP contribution in [0.25, 0.3) is 6.08 Å². The smallest absolute Gasteiger partial charge is 0.270 e. The van der Waals surface area contributed by atoms with Gasteiger partial charge in [0.25, 0.3) is 5.69 Å². The van der Waals surface area contributed by atoms with Gasteiger partial charge in [-0.1, -0.05) is 63.7 Å². The van der Waals surface area contributed by atoms with Gasteiger partial charge >= 0.3 is 0 Å². The van der Waals surface area contributed by atoms with E-state index in [1.807, 2.05) is 41.4 Å². The van der Waals surface area contributed by atoms with Crippen LogP contribution in [0.15, 0.2) is 47.4 Å². The van der Waals surface area contributed by atoms with Gasteiger partial charge in [-0.15, -0.1) is 0 Å². The monoisotopic (exact) mass is 543 g/mol. The number of likely N-dealkylation sites (N-methyl/N-ethyl adjacent to an activating group) is 1. The zero-order chi connectivity index (χ0) is 25.9. The minimum atomic E-state index is -0.296. The average molecular weight is 544 g/mol. The lowest BCUT2D eigenvalue weighted by Crippen LogP contribution is -2.50. The quantitative estimate of drug-likeness (QED) is 0.169. The molecule has 0 radical (unpaired) electrons. The van der Waals surface area contributed by atoms with Crippen molar-refractivity contribution >= 4 is 52.7 Å². The maximum atomic E-state index is 11.8. The summed E-state index contributed by atoms with van der Waals surface area (Å²) in [4.78, 5) is 17.3. The number of nitrogens with zero attached hydrogens (tertiary/aromatic N) is 3. The molecule has 1 atom stereocenters. The van der Waals surface area contributed by atoms with Gasteiger partial charge in [0.1, 0.15) is 4.87 Å². The van der Waals surface area contributed by atoms with Crippen molar-refractivity contribution in [3.8, 4) is 0 Å². The Morgan fingerprint density at radius 2 is 1.75 bits per heavy atom. The fourth-order valence-electron chi connectivity index (χ4n) is 5.35. The molecule has 0 amide bonds. The number of hydrogen-bond donors (Lipinski definition) is 0. The first-order valence-corrected chi connectivity index (χ1v) is 15.8. The number of benzene rings is 2. The highest BCUT2D eigenvalue weighted by molar-refractivity contribution is 8.01. The zero-order valence-electron chi connectivity index (χ0n) is 22.0. The Kier molecular flexibility index (Phi) is 8.70. The molecule has 8 heteroatoms. The molecule has 0 aliphatic carbocycles. The molecule has 0 N–H and O–H groups in total. The molecule has 1 spiro atoms. The number of fused-ring (bicyclic) bond motifs is 2. The predicted molar refractivity (Wildman–Crippen MR) is 160 cm³/mol. The predicted octanol–water partition coefficient (Wildman–Crippen LogP) is 7.15. The van der Waals surface area contributed by atoms with Crippen molar-refractivity contribution in [1.29, 1.82) is 0 Å². The van der Waals surface area contributed by atoms with E-state index >= 15 is 0 Å². The molecule has 0 aromatic heterocycles. The van der Waals surface area contributed by atoms with E-state index in [0.29, 0.717) is 0 Å². The van der Waals surface area contributed by atoms with Crippen LogP contribution in [0.2, 0.25) is 0 Å². The minimum Gasteiger partial charge on any atom is -0.355 e. The Labute approximate surface area is 228 Å². The largest absolute Gasteiger partial charge is 0.355 e. The van der Waals surface area contributed by atoms with Gasteiger partial charge in [0.2, 0.25) is 0 Å². The first-order valence-electron chi connectivity index (χ1n) is 12.7. The molecule has 36 heavy (non-hydrogen) atoms. The van der Waals surface area contributed by atoms with Crippen LogP contribution in [0.1, 0.15) is 44.4 Å². The standard InChI is InChI=1S/C28H37N3O2S3/c1-6-34-16-14-30(15-17-35-7-2)20-22-19-23(31(32)33)18-21-12-13-28(36-26(21)22)27(3,4)24-10-8-9-11-25(24)29(28)5/h8-13,18-19H,6-7,14-17,20H2,1-5H3. The lowest BCUT2D eigenvalue weighted by atomic mass is 9.79. The highest BCUT2D eigenvalue weighted by atomic mass is 32.2. The maximum Gasteiger partial charge on any atom is 0.270 e. The number of nitro benzene ring substituents is 1. The number of non-ortho nitro benzene ring substituents is 1. The summed E-state index contributed by atoms with van der Waals surface area (Å²) in [6.45, 7) is 11.7. The van der Waals surface area contributed by atoms with Crippen LogP contribution in [0.3, 0.4) is 0 Å². The molecule has 2 aliphatic heterocycles. The summed E-state index contributed by atoms with van der Waals surface area (Å²) in [5.41, 5.74) is 4.66. The van der Waals surface area contributed by atoms with Gasteiger partial charge in [-0.25, -0.2) is 0 Å². The van der Waals surface area contributed by atoms with Gasteiger partial charge in [-0.05, 0) is 40.3 Å². The van der Waals surface area contributed by atoms with E-state index in [1.165, 1.54) is 16.1 Å². The number of thioether (sulfide) groups is 3. The number of nitro groups is 1. The second kappa shape index (κ2) is 11.4. The molecule has 2 aromatic rings. The molecule has 0 bridgehead atoms. The summed E-state index contributed by atoms with van der Waals surface area (Å²) >= 11 is 5.77. The molecule has 4 rings (SSSR count). The van der Waals surface area contributed by atoms with E-state index in [4.69, 9.17) is 0 Å².